The summed E-state index contributed by atoms with van der Waals surface area (Å²) >= 11 is 0. The minimum Gasteiger partial charge on any atom is -0.352 e. The Bertz CT molecular complexity index is 1630. The van der Waals surface area contributed by atoms with Gasteiger partial charge in [-0.2, -0.15) is 10.2 Å². The molecule has 2 N–H and O–H groups in total. The Hall–Kier alpha value is -4.78. The number of aromatic nitrogens is 9. The molecular weight excluding hydrogens is 511 g/mol. The normalized spacial score (nSPS) is 18.5. The molecular formula is C27H27FN12. The van der Waals surface area contributed by atoms with E-state index in [0.29, 0.717) is 41.1 Å². The molecule has 8 rings (SSSR count). The SMILES string of the molecule is Cc1cc(Nc2cc(C)[nH]n2)nc(-c2cnc(N3CC4CC(C3)N4Cc3ccc(-n4cc(F)cn4)nc3)cn2)n1. The van der Waals surface area contributed by atoms with Crippen LogP contribution in [0.25, 0.3) is 17.3 Å². The van der Waals surface area contributed by atoms with E-state index in [0.717, 1.165) is 42.4 Å². The predicted molar refractivity (Wildman–Crippen MR) is 146 cm³/mol. The average molecular weight is 539 g/mol. The Morgan fingerprint density at radius 2 is 1.80 bits per heavy atom. The van der Waals surface area contributed by atoms with Crippen LogP contribution in [0, 0.1) is 19.7 Å². The highest BCUT2D eigenvalue weighted by Crippen LogP contribution is 2.35. The van der Waals surface area contributed by atoms with Gasteiger partial charge in [0.15, 0.2) is 23.3 Å². The molecule has 2 bridgehead atoms. The summed E-state index contributed by atoms with van der Waals surface area (Å²) in [7, 11) is 0. The van der Waals surface area contributed by atoms with Gasteiger partial charge in [-0.1, -0.05) is 6.07 Å². The van der Waals surface area contributed by atoms with E-state index in [4.69, 9.17) is 4.98 Å². The average Bonchev–Trinajstić information content (AvgIpc) is 3.59. The molecule has 13 heteroatoms. The van der Waals surface area contributed by atoms with Gasteiger partial charge in [-0.25, -0.2) is 34.0 Å². The van der Waals surface area contributed by atoms with Crippen molar-refractivity contribution in [3.8, 4) is 17.3 Å². The molecule has 202 valence electrons. The van der Waals surface area contributed by atoms with E-state index in [1.165, 1.54) is 23.5 Å². The Labute approximate surface area is 229 Å². The summed E-state index contributed by atoms with van der Waals surface area (Å²) in [5.41, 5.74) is 3.52. The molecule has 12 nitrogen and oxygen atoms in total. The lowest BCUT2D eigenvalue weighted by Gasteiger charge is -2.56. The molecule has 40 heavy (non-hydrogen) atoms. The van der Waals surface area contributed by atoms with Gasteiger partial charge in [0.1, 0.15) is 17.3 Å². The first-order valence-electron chi connectivity index (χ1n) is 13.1. The molecule has 3 saturated heterocycles. The van der Waals surface area contributed by atoms with E-state index in [9.17, 15) is 4.39 Å². The Kier molecular flexibility index (Phi) is 5.92. The van der Waals surface area contributed by atoms with Crippen LogP contribution >= 0.6 is 0 Å². The highest BCUT2D eigenvalue weighted by Gasteiger charge is 2.44. The lowest BCUT2D eigenvalue weighted by Crippen LogP contribution is -2.68. The van der Waals surface area contributed by atoms with Crippen molar-refractivity contribution in [3.05, 3.63) is 78.0 Å². The number of nitrogens with zero attached hydrogens (tertiary/aromatic N) is 10. The number of pyridine rings is 1. The van der Waals surface area contributed by atoms with E-state index in [1.54, 1.807) is 12.4 Å². The number of hydrogen-bond donors (Lipinski definition) is 2. The smallest absolute Gasteiger partial charge is 0.182 e. The van der Waals surface area contributed by atoms with Gasteiger partial charge in [0.2, 0.25) is 0 Å². The summed E-state index contributed by atoms with van der Waals surface area (Å²) in [5, 5.41) is 14.3. The first-order chi connectivity index (χ1) is 19.5. The number of H-pyrrole nitrogens is 1. The summed E-state index contributed by atoms with van der Waals surface area (Å²) in [5.74, 6) is 2.93. The number of hydrogen-bond acceptors (Lipinski definition) is 10. The molecule has 2 atom stereocenters. The number of piperidine rings is 1. The number of fused-ring (bicyclic) bond motifs is 2. The molecule has 0 aromatic carbocycles. The van der Waals surface area contributed by atoms with Gasteiger partial charge in [0, 0.05) is 61.4 Å². The van der Waals surface area contributed by atoms with E-state index in [-0.39, 0.29) is 5.82 Å². The summed E-state index contributed by atoms with van der Waals surface area (Å²) in [6.07, 6.45) is 9.05. The first-order valence-corrected chi connectivity index (χ1v) is 13.1. The Morgan fingerprint density at radius 3 is 2.48 bits per heavy atom. The van der Waals surface area contributed by atoms with E-state index in [2.05, 4.69) is 50.3 Å². The third kappa shape index (κ3) is 4.75. The zero-order valence-corrected chi connectivity index (χ0v) is 22.0. The maximum absolute atomic E-state index is 13.3. The number of nitrogens with one attached hydrogen (secondary N) is 2. The van der Waals surface area contributed by atoms with Crippen LogP contribution in [0.2, 0.25) is 0 Å². The van der Waals surface area contributed by atoms with Crippen LogP contribution in [0.3, 0.4) is 0 Å². The first kappa shape index (κ1) is 24.3. The number of piperazine rings is 1. The van der Waals surface area contributed by atoms with Gasteiger partial charge in [-0.15, -0.1) is 0 Å². The monoisotopic (exact) mass is 538 g/mol. The molecule has 3 aliphatic rings. The highest BCUT2D eigenvalue weighted by atomic mass is 19.1. The van der Waals surface area contributed by atoms with Crippen LogP contribution in [-0.2, 0) is 6.54 Å². The van der Waals surface area contributed by atoms with E-state index < -0.39 is 0 Å². The predicted octanol–water partition coefficient (Wildman–Crippen LogP) is 3.20. The van der Waals surface area contributed by atoms with Crippen molar-refractivity contribution in [1.82, 2.24) is 49.8 Å². The zero-order valence-electron chi connectivity index (χ0n) is 22.0. The summed E-state index contributed by atoms with van der Waals surface area (Å²) in [4.78, 5) is 27.8. The zero-order chi connectivity index (χ0) is 27.2. The minimum absolute atomic E-state index is 0.380. The summed E-state index contributed by atoms with van der Waals surface area (Å²) < 4.78 is 14.7. The molecule has 5 aromatic heterocycles. The van der Waals surface area contributed by atoms with Gasteiger partial charge < -0.3 is 10.2 Å². The Balaban J connectivity index is 0.991. The molecule has 3 fully saturated rings. The second kappa shape index (κ2) is 9.75. The fourth-order valence-electron chi connectivity index (χ4n) is 5.38. The van der Waals surface area contributed by atoms with Crippen molar-refractivity contribution in [2.45, 2.75) is 38.9 Å². The van der Waals surface area contributed by atoms with Crippen LogP contribution in [0.5, 0.6) is 0 Å². The van der Waals surface area contributed by atoms with Gasteiger partial charge >= 0.3 is 0 Å². The standard InChI is InChI=1S/C27H27FN12/c1-16-5-23(34-24-6-17(2)36-37-24)35-27(33-16)22-10-31-26(11-29-22)38-14-20-7-21(15-38)39(20)12-18-3-4-25(30-8-18)40-13-19(28)9-32-40/h3-6,8-11,13,20-21H,7,12,14-15H2,1-2H3,(H2,33,34,35,36,37). The third-order valence-corrected chi connectivity index (χ3v) is 7.31. The van der Waals surface area contributed by atoms with Crippen LogP contribution < -0.4 is 10.2 Å². The van der Waals surface area contributed by atoms with E-state index in [1.807, 2.05) is 44.3 Å². The Morgan fingerprint density at radius 1 is 0.950 bits per heavy atom. The number of rotatable bonds is 7. The quantitative estimate of drug-likeness (QED) is 0.319. The van der Waals surface area contributed by atoms with Gasteiger partial charge in [0.05, 0.1) is 24.8 Å². The van der Waals surface area contributed by atoms with Crippen LogP contribution in [-0.4, -0.2) is 75.0 Å². The highest BCUT2D eigenvalue weighted by molar-refractivity contribution is 5.58. The fourth-order valence-corrected chi connectivity index (χ4v) is 5.38. The lowest BCUT2D eigenvalue weighted by atomic mass is 9.87. The third-order valence-electron chi connectivity index (χ3n) is 7.31. The van der Waals surface area contributed by atoms with Gasteiger partial charge in [0.25, 0.3) is 0 Å². The van der Waals surface area contributed by atoms with Crippen LogP contribution in [0.15, 0.2) is 55.2 Å². The van der Waals surface area contributed by atoms with Gasteiger partial charge in [-0.05, 0) is 31.9 Å². The maximum atomic E-state index is 13.3. The molecule has 0 saturated carbocycles. The van der Waals surface area contributed by atoms with Crippen molar-refractivity contribution in [3.63, 3.8) is 0 Å². The molecule has 5 aromatic rings. The van der Waals surface area contributed by atoms with Crippen molar-refractivity contribution in [2.75, 3.05) is 23.3 Å². The number of anilines is 3. The minimum atomic E-state index is -0.380. The second-order valence-corrected chi connectivity index (χ2v) is 10.3. The summed E-state index contributed by atoms with van der Waals surface area (Å²) in [6, 6.07) is 8.57. The van der Waals surface area contributed by atoms with Crippen LogP contribution in [0.1, 0.15) is 23.4 Å². The van der Waals surface area contributed by atoms with Crippen molar-refractivity contribution < 1.29 is 4.39 Å². The number of aromatic amines is 1. The number of halogens is 1. The molecule has 2 unspecified atom stereocenters. The molecule has 0 amide bonds. The molecule has 3 aliphatic heterocycles. The van der Waals surface area contributed by atoms with Crippen LogP contribution in [0.4, 0.5) is 21.8 Å². The number of aryl methyl sites for hydroxylation is 2. The second-order valence-electron chi connectivity index (χ2n) is 10.3. The van der Waals surface area contributed by atoms with Gasteiger partial charge in [-0.3, -0.25) is 10.00 Å². The van der Waals surface area contributed by atoms with Crippen molar-refractivity contribution in [1.29, 1.82) is 0 Å². The molecule has 0 spiro atoms. The lowest BCUT2D eigenvalue weighted by molar-refractivity contribution is -0.00877. The fraction of sp³-hybridized carbons (Fsp3) is 0.296. The largest absolute Gasteiger partial charge is 0.352 e. The molecule has 0 radical (unpaired) electrons. The van der Waals surface area contributed by atoms with E-state index >= 15 is 0 Å². The topological polar surface area (TPSA) is 129 Å². The summed E-state index contributed by atoms with van der Waals surface area (Å²) in [6.45, 7) is 6.47. The maximum Gasteiger partial charge on any atom is 0.182 e. The van der Waals surface area contributed by atoms with Crippen molar-refractivity contribution >= 4 is 17.5 Å². The molecule has 0 aliphatic carbocycles. The van der Waals surface area contributed by atoms with Crippen molar-refractivity contribution in [2.24, 2.45) is 0 Å². The molecule has 8 heterocycles.